The van der Waals surface area contributed by atoms with Gasteiger partial charge < -0.3 is 23.5 Å². The molecule has 1 aliphatic rings. The Hall–Kier alpha value is -2.83. The van der Waals surface area contributed by atoms with Crippen molar-refractivity contribution in [3.05, 3.63) is 77.0 Å². The Morgan fingerprint density at radius 3 is 2.42 bits per heavy atom. The van der Waals surface area contributed by atoms with E-state index in [1.807, 2.05) is 37.3 Å². The van der Waals surface area contributed by atoms with Gasteiger partial charge in [-0.2, -0.15) is 0 Å². The molecule has 0 unspecified atom stereocenters. The number of benzene rings is 1. The molecule has 1 aliphatic heterocycles. The van der Waals surface area contributed by atoms with Gasteiger partial charge in [-0.3, -0.25) is 4.79 Å². The first kappa shape index (κ1) is 21.4. The van der Waals surface area contributed by atoms with E-state index in [-0.39, 0.29) is 5.78 Å². The van der Waals surface area contributed by atoms with Gasteiger partial charge in [-0.15, -0.1) is 0 Å². The molecular formula is C25H33N3O3+2. The first-order valence-electron chi connectivity index (χ1n) is 11.1. The fourth-order valence-electron chi connectivity index (χ4n) is 4.55. The number of methoxy groups -OCH3 is 1. The van der Waals surface area contributed by atoms with Gasteiger partial charge >= 0.3 is 0 Å². The zero-order valence-corrected chi connectivity index (χ0v) is 18.7. The summed E-state index contributed by atoms with van der Waals surface area (Å²) in [7, 11) is 1.69. The second-order valence-electron chi connectivity index (χ2n) is 8.58. The number of aromatic nitrogens is 1. The van der Waals surface area contributed by atoms with Crippen LogP contribution in [0.4, 0.5) is 0 Å². The maximum atomic E-state index is 13.1. The van der Waals surface area contributed by atoms with Crippen LogP contribution in [0.3, 0.4) is 0 Å². The highest BCUT2D eigenvalue weighted by Gasteiger charge is 2.27. The SMILES string of the molecule is COc1ccc(C[NH+]2CC[NH+](CC(=O)c3cc(C)n(Cc4ccco4)c3C)CC2)cc1. The molecule has 1 aromatic carbocycles. The number of carbonyl (C=O) groups excluding carboxylic acids is 1. The Labute approximate surface area is 184 Å². The van der Waals surface area contributed by atoms with Gasteiger partial charge in [0, 0.05) is 22.5 Å². The smallest absolute Gasteiger partial charge is 0.218 e. The summed E-state index contributed by atoms with van der Waals surface area (Å²) >= 11 is 0. The summed E-state index contributed by atoms with van der Waals surface area (Å²) in [5.41, 5.74) is 4.31. The van der Waals surface area contributed by atoms with Crippen LogP contribution in [0.15, 0.2) is 53.1 Å². The van der Waals surface area contributed by atoms with Crippen LogP contribution in [-0.4, -0.2) is 50.2 Å². The predicted molar refractivity (Wildman–Crippen MR) is 119 cm³/mol. The molecule has 0 atom stereocenters. The first-order chi connectivity index (χ1) is 15.0. The summed E-state index contributed by atoms with van der Waals surface area (Å²) in [6.07, 6.45) is 1.69. The number of carbonyl (C=O) groups is 1. The summed E-state index contributed by atoms with van der Waals surface area (Å²) in [4.78, 5) is 16.0. The molecule has 3 heterocycles. The number of nitrogens with one attached hydrogen (secondary N) is 2. The summed E-state index contributed by atoms with van der Waals surface area (Å²) in [6.45, 7) is 10.6. The summed E-state index contributed by atoms with van der Waals surface area (Å²) in [5, 5.41) is 0. The molecule has 2 aromatic heterocycles. The maximum Gasteiger partial charge on any atom is 0.218 e. The molecule has 31 heavy (non-hydrogen) atoms. The van der Waals surface area contributed by atoms with Crippen LogP contribution in [-0.2, 0) is 13.1 Å². The van der Waals surface area contributed by atoms with Crippen molar-refractivity contribution in [2.24, 2.45) is 0 Å². The molecule has 1 saturated heterocycles. The molecule has 3 aromatic rings. The van der Waals surface area contributed by atoms with Crippen molar-refractivity contribution < 1.29 is 23.7 Å². The minimum atomic E-state index is 0.243. The molecule has 164 valence electrons. The topological polar surface area (TPSA) is 53.3 Å². The Bertz CT molecular complexity index is 998. The molecule has 6 nitrogen and oxygen atoms in total. The van der Waals surface area contributed by atoms with E-state index in [0.29, 0.717) is 13.1 Å². The minimum Gasteiger partial charge on any atom is -0.497 e. The van der Waals surface area contributed by atoms with Crippen LogP contribution in [0, 0.1) is 13.8 Å². The van der Waals surface area contributed by atoms with Crippen molar-refractivity contribution in [3.8, 4) is 5.75 Å². The highest BCUT2D eigenvalue weighted by molar-refractivity contribution is 5.98. The number of nitrogens with zero attached hydrogens (tertiary/aromatic N) is 1. The Kier molecular flexibility index (Phi) is 6.59. The van der Waals surface area contributed by atoms with Gasteiger partial charge in [0.15, 0.2) is 0 Å². The van der Waals surface area contributed by atoms with Gasteiger partial charge in [0.1, 0.15) is 50.8 Å². The summed E-state index contributed by atoms with van der Waals surface area (Å²) in [5.74, 6) is 2.05. The minimum absolute atomic E-state index is 0.243. The average molecular weight is 424 g/mol. The standard InChI is InChI=1S/C25H31N3O3/c1-19-15-24(20(2)28(19)17-23-5-4-14-31-23)25(29)18-27-12-10-26(11-13-27)16-21-6-8-22(30-3)9-7-21/h4-9,14-15H,10-13,16-18H2,1-3H3/p+2. The monoisotopic (exact) mass is 423 g/mol. The summed E-state index contributed by atoms with van der Waals surface area (Å²) in [6, 6.07) is 14.2. The van der Waals surface area contributed by atoms with Crippen molar-refractivity contribution in [2.45, 2.75) is 26.9 Å². The maximum absolute atomic E-state index is 13.1. The van der Waals surface area contributed by atoms with E-state index in [0.717, 1.165) is 61.2 Å². The Balaban J connectivity index is 1.31. The number of hydrogen-bond donors (Lipinski definition) is 2. The van der Waals surface area contributed by atoms with Crippen LogP contribution in [0.5, 0.6) is 5.75 Å². The third kappa shape index (κ3) is 5.09. The number of ketones is 1. The Morgan fingerprint density at radius 2 is 1.77 bits per heavy atom. The molecule has 0 spiro atoms. The van der Waals surface area contributed by atoms with E-state index in [2.05, 4.69) is 23.6 Å². The lowest BCUT2D eigenvalue weighted by Crippen LogP contribution is -3.27. The van der Waals surface area contributed by atoms with Crippen LogP contribution in [0.25, 0.3) is 0 Å². The highest BCUT2D eigenvalue weighted by Crippen LogP contribution is 2.17. The third-order valence-electron chi connectivity index (χ3n) is 6.46. The number of piperazine rings is 1. The van der Waals surface area contributed by atoms with Gasteiger partial charge in [0.05, 0.1) is 19.9 Å². The molecule has 6 heteroatoms. The fourth-order valence-corrected chi connectivity index (χ4v) is 4.55. The zero-order valence-electron chi connectivity index (χ0n) is 18.7. The van der Waals surface area contributed by atoms with Gasteiger partial charge in [0.2, 0.25) is 5.78 Å². The highest BCUT2D eigenvalue weighted by atomic mass is 16.5. The van der Waals surface area contributed by atoms with Crippen molar-refractivity contribution in [3.63, 3.8) is 0 Å². The molecule has 0 radical (unpaired) electrons. The largest absolute Gasteiger partial charge is 0.497 e. The van der Waals surface area contributed by atoms with E-state index in [1.165, 1.54) is 10.5 Å². The van der Waals surface area contributed by atoms with Crippen LogP contribution < -0.4 is 14.5 Å². The third-order valence-corrected chi connectivity index (χ3v) is 6.46. The molecule has 1 fully saturated rings. The Morgan fingerprint density at radius 1 is 1.06 bits per heavy atom. The van der Waals surface area contributed by atoms with Crippen molar-refractivity contribution >= 4 is 5.78 Å². The van der Waals surface area contributed by atoms with E-state index in [4.69, 9.17) is 9.15 Å². The van der Waals surface area contributed by atoms with E-state index in [1.54, 1.807) is 18.3 Å². The molecule has 4 rings (SSSR count). The van der Waals surface area contributed by atoms with Gasteiger partial charge in [-0.25, -0.2) is 0 Å². The number of ether oxygens (including phenoxy) is 1. The fraction of sp³-hybridized carbons (Fsp3) is 0.400. The van der Waals surface area contributed by atoms with Gasteiger partial charge in [0.25, 0.3) is 0 Å². The molecule has 2 N–H and O–H groups in total. The van der Waals surface area contributed by atoms with Crippen LogP contribution in [0.1, 0.15) is 33.1 Å². The molecule has 0 bridgehead atoms. The lowest BCUT2D eigenvalue weighted by atomic mass is 10.1. The van der Waals surface area contributed by atoms with Crippen LogP contribution >= 0.6 is 0 Å². The second-order valence-corrected chi connectivity index (χ2v) is 8.58. The zero-order chi connectivity index (χ0) is 21.8. The van der Waals surface area contributed by atoms with Gasteiger partial charge in [-0.05, 0) is 56.3 Å². The number of aryl methyl sites for hydroxylation is 1. The molecular weight excluding hydrogens is 390 g/mol. The number of rotatable bonds is 8. The van der Waals surface area contributed by atoms with Gasteiger partial charge in [-0.1, -0.05) is 0 Å². The van der Waals surface area contributed by atoms with E-state index >= 15 is 0 Å². The molecule has 0 saturated carbocycles. The quantitative estimate of drug-likeness (QED) is 0.530. The normalized spacial score (nSPS) is 18.8. The van der Waals surface area contributed by atoms with Crippen molar-refractivity contribution in [1.29, 1.82) is 0 Å². The van der Waals surface area contributed by atoms with Crippen molar-refractivity contribution in [2.75, 3.05) is 39.8 Å². The van der Waals surface area contributed by atoms with Crippen molar-refractivity contribution in [1.82, 2.24) is 4.57 Å². The number of furan rings is 1. The predicted octanol–water partition coefficient (Wildman–Crippen LogP) is 0.921. The lowest BCUT2D eigenvalue weighted by Gasteiger charge is -2.29. The molecule has 0 aliphatic carbocycles. The number of quaternary nitrogens is 2. The van der Waals surface area contributed by atoms with E-state index in [9.17, 15) is 4.79 Å². The summed E-state index contributed by atoms with van der Waals surface area (Å²) < 4.78 is 12.9. The van der Waals surface area contributed by atoms with E-state index < -0.39 is 0 Å². The second kappa shape index (κ2) is 9.54. The number of hydrogen-bond acceptors (Lipinski definition) is 3. The lowest BCUT2D eigenvalue weighted by molar-refractivity contribution is -1.01. The molecule has 0 amide bonds. The average Bonchev–Trinajstić information content (AvgIpc) is 3.39. The first-order valence-corrected chi connectivity index (χ1v) is 11.1. The number of Topliss-reactive ketones (excluding diaryl/α,β-unsaturated/α-hetero) is 1. The van der Waals surface area contributed by atoms with Crippen LogP contribution in [0.2, 0.25) is 0 Å².